The molecule has 0 aromatic heterocycles. The van der Waals surface area contributed by atoms with Gasteiger partial charge in [0.1, 0.15) is 11.6 Å². The third-order valence-electron chi connectivity index (χ3n) is 6.74. The zero-order valence-corrected chi connectivity index (χ0v) is 21.7. The van der Waals surface area contributed by atoms with Gasteiger partial charge in [0, 0.05) is 48.6 Å². The van der Waals surface area contributed by atoms with Crippen molar-refractivity contribution >= 4 is 11.6 Å². The minimum Gasteiger partial charge on any atom is -0.497 e. The van der Waals surface area contributed by atoms with Gasteiger partial charge in [-0.2, -0.15) is 0 Å². The SMILES string of the molecule is COc1cccc(N(C(=O)c2ccc(F)cc2)C2CCN(Cc3ccc(OC)c(OC)c3OC)CC2)c1. The van der Waals surface area contributed by atoms with Gasteiger partial charge in [-0.25, -0.2) is 4.39 Å². The quantitative estimate of drug-likeness (QED) is 0.397. The van der Waals surface area contributed by atoms with Gasteiger partial charge in [0.15, 0.2) is 11.5 Å². The van der Waals surface area contributed by atoms with Crippen molar-refractivity contribution in [2.45, 2.75) is 25.4 Å². The standard InChI is InChI=1S/C29H33FN2O5/c1-34-25-7-5-6-24(18-25)32(29(33)20-8-11-22(30)12-9-20)23-14-16-31(17-15-23)19-21-10-13-26(35-2)28(37-4)27(21)36-3/h5-13,18,23H,14-17,19H2,1-4H3. The Bertz CT molecular complexity index is 1210. The van der Waals surface area contributed by atoms with E-state index >= 15 is 0 Å². The van der Waals surface area contributed by atoms with Crippen LogP contribution in [0.5, 0.6) is 23.0 Å². The summed E-state index contributed by atoms with van der Waals surface area (Å²) in [4.78, 5) is 17.8. The van der Waals surface area contributed by atoms with Crippen molar-refractivity contribution in [1.29, 1.82) is 0 Å². The van der Waals surface area contributed by atoms with E-state index in [0.717, 1.165) is 37.2 Å². The number of methoxy groups -OCH3 is 4. The van der Waals surface area contributed by atoms with Crippen LogP contribution in [0.1, 0.15) is 28.8 Å². The van der Waals surface area contributed by atoms with E-state index in [9.17, 15) is 9.18 Å². The van der Waals surface area contributed by atoms with Crippen LogP contribution in [0.25, 0.3) is 0 Å². The Labute approximate surface area is 217 Å². The first-order chi connectivity index (χ1) is 18.0. The molecule has 0 spiro atoms. The van der Waals surface area contributed by atoms with E-state index in [0.29, 0.717) is 35.1 Å². The zero-order valence-electron chi connectivity index (χ0n) is 21.7. The Hall–Kier alpha value is -3.78. The largest absolute Gasteiger partial charge is 0.497 e. The number of halogens is 1. The lowest BCUT2D eigenvalue weighted by atomic mass is 9.99. The first-order valence-corrected chi connectivity index (χ1v) is 12.2. The number of carbonyl (C=O) groups is 1. The number of ether oxygens (including phenoxy) is 4. The van der Waals surface area contributed by atoms with Crippen LogP contribution in [-0.4, -0.2) is 58.4 Å². The summed E-state index contributed by atoms with van der Waals surface area (Å²) in [5, 5.41) is 0. The lowest BCUT2D eigenvalue weighted by Gasteiger charge is -2.39. The molecule has 3 aromatic carbocycles. The van der Waals surface area contributed by atoms with Crippen LogP contribution in [0.4, 0.5) is 10.1 Å². The smallest absolute Gasteiger partial charge is 0.258 e. The molecule has 0 N–H and O–H groups in total. The van der Waals surface area contributed by atoms with Gasteiger partial charge in [-0.1, -0.05) is 12.1 Å². The number of nitrogens with zero attached hydrogens (tertiary/aromatic N) is 2. The molecule has 0 saturated carbocycles. The van der Waals surface area contributed by atoms with E-state index < -0.39 is 0 Å². The van der Waals surface area contributed by atoms with Crippen molar-refractivity contribution in [3.05, 3.63) is 77.6 Å². The topological polar surface area (TPSA) is 60.5 Å². The molecule has 37 heavy (non-hydrogen) atoms. The van der Waals surface area contributed by atoms with Crippen molar-refractivity contribution in [1.82, 2.24) is 4.90 Å². The minimum atomic E-state index is -0.372. The molecule has 1 aliphatic heterocycles. The molecule has 1 heterocycles. The highest BCUT2D eigenvalue weighted by molar-refractivity contribution is 6.06. The van der Waals surface area contributed by atoms with E-state index in [2.05, 4.69) is 4.90 Å². The van der Waals surface area contributed by atoms with Crippen LogP contribution in [0.3, 0.4) is 0 Å². The van der Waals surface area contributed by atoms with Gasteiger partial charge < -0.3 is 23.8 Å². The molecule has 0 bridgehead atoms. The predicted molar refractivity (Wildman–Crippen MR) is 141 cm³/mol. The van der Waals surface area contributed by atoms with Gasteiger partial charge in [0.2, 0.25) is 5.75 Å². The van der Waals surface area contributed by atoms with Crippen LogP contribution < -0.4 is 23.8 Å². The average molecular weight is 509 g/mol. The summed E-state index contributed by atoms with van der Waals surface area (Å²) >= 11 is 0. The third-order valence-corrected chi connectivity index (χ3v) is 6.74. The average Bonchev–Trinajstić information content (AvgIpc) is 2.94. The first kappa shape index (κ1) is 26.3. The summed E-state index contributed by atoms with van der Waals surface area (Å²) in [6.45, 7) is 2.26. The molecule has 0 radical (unpaired) electrons. The number of hydrogen-bond donors (Lipinski definition) is 0. The van der Waals surface area contributed by atoms with Gasteiger partial charge >= 0.3 is 0 Å². The number of amides is 1. The van der Waals surface area contributed by atoms with Crippen molar-refractivity contribution in [2.75, 3.05) is 46.4 Å². The zero-order chi connectivity index (χ0) is 26.4. The molecule has 0 atom stereocenters. The monoisotopic (exact) mass is 508 g/mol. The molecule has 0 aliphatic carbocycles. The van der Waals surface area contributed by atoms with Gasteiger partial charge in [0.05, 0.1) is 28.4 Å². The number of carbonyl (C=O) groups excluding carboxylic acids is 1. The van der Waals surface area contributed by atoms with Gasteiger partial charge in [-0.15, -0.1) is 0 Å². The Morgan fingerprint density at radius 2 is 1.59 bits per heavy atom. The maximum Gasteiger partial charge on any atom is 0.258 e. The summed E-state index contributed by atoms with van der Waals surface area (Å²) in [5.41, 5.74) is 2.21. The number of rotatable bonds is 9. The van der Waals surface area contributed by atoms with Crippen molar-refractivity contribution in [2.24, 2.45) is 0 Å². The molecule has 1 amide bonds. The van der Waals surface area contributed by atoms with Crippen molar-refractivity contribution in [3.63, 3.8) is 0 Å². The van der Waals surface area contributed by atoms with Crippen LogP contribution >= 0.6 is 0 Å². The Kier molecular flexibility index (Phi) is 8.50. The Balaban J connectivity index is 1.54. The highest BCUT2D eigenvalue weighted by Crippen LogP contribution is 2.40. The van der Waals surface area contributed by atoms with E-state index in [-0.39, 0.29) is 17.8 Å². The first-order valence-electron chi connectivity index (χ1n) is 12.2. The summed E-state index contributed by atoms with van der Waals surface area (Å²) in [7, 11) is 6.43. The molecule has 1 saturated heterocycles. The van der Waals surface area contributed by atoms with Crippen LogP contribution in [0.15, 0.2) is 60.7 Å². The predicted octanol–water partition coefficient (Wildman–Crippen LogP) is 5.17. The fourth-order valence-corrected chi connectivity index (χ4v) is 4.85. The third kappa shape index (κ3) is 5.80. The molecule has 0 unspecified atom stereocenters. The molecule has 3 aromatic rings. The van der Waals surface area contributed by atoms with E-state index in [4.69, 9.17) is 18.9 Å². The van der Waals surface area contributed by atoms with Crippen LogP contribution in [0.2, 0.25) is 0 Å². The summed E-state index contributed by atoms with van der Waals surface area (Å²) in [6.07, 6.45) is 1.56. The van der Waals surface area contributed by atoms with Gasteiger partial charge in [0.25, 0.3) is 5.91 Å². The lowest BCUT2D eigenvalue weighted by molar-refractivity contribution is 0.0958. The number of likely N-dealkylation sites (tertiary alicyclic amines) is 1. The van der Waals surface area contributed by atoms with E-state index in [1.54, 1.807) is 28.4 Å². The summed E-state index contributed by atoms with van der Waals surface area (Å²) < 4.78 is 35.5. The van der Waals surface area contributed by atoms with Gasteiger partial charge in [-0.3, -0.25) is 9.69 Å². The lowest BCUT2D eigenvalue weighted by Crippen LogP contribution is -2.47. The number of anilines is 1. The van der Waals surface area contributed by atoms with Crippen LogP contribution in [0, 0.1) is 5.82 Å². The molecule has 7 nitrogen and oxygen atoms in total. The van der Waals surface area contributed by atoms with Crippen molar-refractivity contribution in [3.8, 4) is 23.0 Å². The van der Waals surface area contributed by atoms with Crippen LogP contribution in [-0.2, 0) is 6.54 Å². The maximum atomic E-state index is 13.6. The Morgan fingerprint density at radius 3 is 2.22 bits per heavy atom. The molecular formula is C29H33FN2O5. The summed E-state index contributed by atoms with van der Waals surface area (Å²) in [5.74, 6) is 2.00. The van der Waals surface area contributed by atoms with Gasteiger partial charge in [-0.05, 0) is 55.3 Å². The number of hydrogen-bond acceptors (Lipinski definition) is 6. The normalized spacial score (nSPS) is 14.2. The highest BCUT2D eigenvalue weighted by atomic mass is 19.1. The highest BCUT2D eigenvalue weighted by Gasteiger charge is 2.31. The maximum absolute atomic E-state index is 13.6. The number of piperidine rings is 1. The van der Waals surface area contributed by atoms with E-state index in [1.165, 1.54) is 24.3 Å². The molecule has 1 fully saturated rings. The second-order valence-electron chi connectivity index (χ2n) is 8.88. The molecule has 1 aliphatic rings. The molecule has 4 rings (SSSR count). The molecular weight excluding hydrogens is 475 g/mol. The second-order valence-corrected chi connectivity index (χ2v) is 8.88. The summed E-state index contributed by atoms with van der Waals surface area (Å²) in [6, 6.07) is 17.0. The Morgan fingerprint density at radius 1 is 0.892 bits per heavy atom. The number of benzene rings is 3. The molecule has 8 heteroatoms. The second kappa shape index (κ2) is 12.0. The molecule has 196 valence electrons. The fraction of sp³-hybridized carbons (Fsp3) is 0.345. The fourth-order valence-electron chi connectivity index (χ4n) is 4.85. The van der Waals surface area contributed by atoms with E-state index in [1.807, 2.05) is 41.3 Å². The minimum absolute atomic E-state index is 0.0202. The van der Waals surface area contributed by atoms with Crippen molar-refractivity contribution < 1.29 is 28.1 Å².